The van der Waals surface area contributed by atoms with Crippen molar-refractivity contribution < 1.29 is 14.3 Å². The summed E-state index contributed by atoms with van der Waals surface area (Å²) < 4.78 is 5.52. The van der Waals surface area contributed by atoms with E-state index in [1.54, 1.807) is 11.0 Å². The SMILES string of the molecule is CC1=C(C(=O)OC(C)C)C(c2ccccc2Cl)CC(=O)N1Cc1ccc(C)cc1. The summed E-state index contributed by atoms with van der Waals surface area (Å²) in [5, 5.41) is 0.542. The minimum absolute atomic E-state index is 0.0332. The fraction of sp³-hybridized carbons (Fsp3) is 0.333. The smallest absolute Gasteiger partial charge is 0.336 e. The number of ether oxygens (including phenoxy) is 1. The van der Waals surface area contributed by atoms with Gasteiger partial charge in [-0.1, -0.05) is 59.6 Å². The Bertz CT molecular complexity index is 947. The molecular weight excluding hydrogens is 386 g/mol. The largest absolute Gasteiger partial charge is 0.460 e. The first kappa shape index (κ1) is 21.1. The van der Waals surface area contributed by atoms with E-state index in [0.29, 0.717) is 22.8 Å². The van der Waals surface area contributed by atoms with Crippen LogP contribution in [0, 0.1) is 6.92 Å². The molecule has 0 N–H and O–H groups in total. The van der Waals surface area contributed by atoms with Crippen LogP contribution < -0.4 is 0 Å². The van der Waals surface area contributed by atoms with E-state index in [2.05, 4.69) is 0 Å². The quantitative estimate of drug-likeness (QED) is 0.619. The molecule has 0 saturated carbocycles. The number of carbonyl (C=O) groups excluding carboxylic acids is 2. The molecule has 152 valence electrons. The lowest BCUT2D eigenvalue weighted by Crippen LogP contribution is -2.38. The number of halogens is 1. The molecule has 0 saturated heterocycles. The fourth-order valence-corrected chi connectivity index (χ4v) is 3.91. The van der Waals surface area contributed by atoms with Crippen molar-refractivity contribution in [1.29, 1.82) is 0 Å². The molecule has 1 heterocycles. The molecule has 0 aromatic heterocycles. The van der Waals surface area contributed by atoms with E-state index in [-0.39, 0.29) is 18.4 Å². The third kappa shape index (κ3) is 4.70. The van der Waals surface area contributed by atoms with Crippen LogP contribution in [-0.4, -0.2) is 22.9 Å². The highest BCUT2D eigenvalue weighted by atomic mass is 35.5. The number of hydrogen-bond donors (Lipinski definition) is 0. The number of allylic oxidation sites excluding steroid dienone is 1. The van der Waals surface area contributed by atoms with Crippen LogP contribution in [0.15, 0.2) is 59.8 Å². The summed E-state index contributed by atoms with van der Waals surface area (Å²) in [5.41, 5.74) is 4.06. The molecule has 0 aliphatic carbocycles. The van der Waals surface area contributed by atoms with Crippen LogP contribution in [0.25, 0.3) is 0 Å². The van der Waals surface area contributed by atoms with E-state index in [0.717, 1.165) is 16.7 Å². The highest BCUT2D eigenvalue weighted by molar-refractivity contribution is 6.31. The molecule has 5 heteroatoms. The highest BCUT2D eigenvalue weighted by Gasteiger charge is 2.37. The normalized spacial score (nSPS) is 17.1. The van der Waals surface area contributed by atoms with Gasteiger partial charge in [-0.15, -0.1) is 0 Å². The van der Waals surface area contributed by atoms with Crippen molar-refractivity contribution in [2.75, 3.05) is 0 Å². The van der Waals surface area contributed by atoms with E-state index in [1.165, 1.54) is 0 Å². The number of carbonyl (C=O) groups is 2. The number of rotatable bonds is 5. The van der Waals surface area contributed by atoms with Gasteiger partial charge in [0.2, 0.25) is 5.91 Å². The van der Waals surface area contributed by atoms with E-state index < -0.39 is 11.9 Å². The maximum absolute atomic E-state index is 13.1. The monoisotopic (exact) mass is 411 g/mol. The minimum Gasteiger partial charge on any atom is -0.460 e. The molecule has 1 unspecified atom stereocenters. The summed E-state index contributed by atoms with van der Waals surface area (Å²) >= 11 is 6.41. The van der Waals surface area contributed by atoms with Gasteiger partial charge in [0.05, 0.1) is 18.2 Å². The van der Waals surface area contributed by atoms with Crippen LogP contribution >= 0.6 is 11.6 Å². The van der Waals surface area contributed by atoms with E-state index >= 15 is 0 Å². The zero-order valence-corrected chi connectivity index (χ0v) is 18.0. The Balaban J connectivity index is 2.04. The Morgan fingerprint density at radius 2 is 1.79 bits per heavy atom. The summed E-state index contributed by atoms with van der Waals surface area (Å²) in [7, 11) is 0. The standard InChI is InChI=1S/C24H26ClNO3/c1-15(2)29-24(28)23-17(4)26(14-18-11-9-16(3)10-12-18)22(27)13-20(23)19-7-5-6-8-21(19)25/h5-12,15,20H,13-14H2,1-4H3. The van der Waals surface area contributed by atoms with Crippen molar-refractivity contribution in [2.45, 2.75) is 52.7 Å². The van der Waals surface area contributed by atoms with Crippen LogP contribution in [0.3, 0.4) is 0 Å². The Kier molecular flexibility index (Phi) is 6.43. The first-order valence-corrected chi connectivity index (χ1v) is 10.2. The van der Waals surface area contributed by atoms with Crippen LogP contribution in [-0.2, 0) is 20.9 Å². The summed E-state index contributed by atoms with van der Waals surface area (Å²) in [6.07, 6.45) is -0.0759. The van der Waals surface area contributed by atoms with Gasteiger partial charge < -0.3 is 9.64 Å². The van der Waals surface area contributed by atoms with Crippen molar-refractivity contribution in [3.8, 4) is 0 Å². The molecule has 4 nitrogen and oxygen atoms in total. The third-order valence-electron chi connectivity index (χ3n) is 5.13. The lowest BCUT2D eigenvalue weighted by Gasteiger charge is -2.35. The predicted octanol–water partition coefficient (Wildman–Crippen LogP) is 5.39. The molecule has 2 aromatic rings. The topological polar surface area (TPSA) is 46.6 Å². The van der Waals surface area contributed by atoms with Gasteiger partial charge in [-0.2, -0.15) is 0 Å². The molecule has 0 fully saturated rings. The average molecular weight is 412 g/mol. The number of aryl methyl sites for hydroxylation is 1. The number of hydrogen-bond acceptors (Lipinski definition) is 3. The summed E-state index contributed by atoms with van der Waals surface area (Å²) in [6, 6.07) is 15.4. The van der Waals surface area contributed by atoms with Crippen molar-refractivity contribution in [3.63, 3.8) is 0 Å². The van der Waals surface area contributed by atoms with Gasteiger partial charge in [0.25, 0.3) is 0 Å². The molecule has 3 rings (SSSR count). The molecule has 1 atom stereocenters. The van der Waals surface area contributed by atoms with E-state index in [4.69, 9.17) is 16.3 Å². The lowest BCUT2D eigenvalue weighted by atomic mass is 9.83. The summed E-state index contributed by atoms with van der Waals surface area (Å²) in [6.45, 7) is 7.88. The number of benzene rings is 2. The van der Waals surface area contributed by atoms with Gasteiger partial charge in [-0.05, 0) is 44.9 Å². The van der Waals surface area contributed by atoms with Crippen molar-refractivity contribution >= 4 is 23.5 Å². The number of nitrogens with zero attached hydrogens (tertiary/aromatic N) is 1. The van der Waals surface area contributed by atoms with E-state index in [1.807, 2.05) is 70.2 Å². The molecule has 1 aliphatic heterocycles. The fourth-order valence-electron chi connectivity index (χ4n) is 3.64. The molecular formula is C24H26ClNO3. The Morgan fingerprint density at radius 1 is 1.14 bits per heavy atom. The van der Waals surface area contributed by atoms with Crippen molar-refractivity contribution in [2.24, 2.45) is 0 Å². The highest BCUT2D eigenvalue weighted by Crippen LogP contribution is 2.40. The van der Waals surface area contributed by atoms with Gasteiger partial charge in [-0.25, -0.2) is 4.79 Å². The molecule has 1 aliphatic rings. The molecule has 0 spiro atoms. The second-order valence-electron chi connectivity index (χ2n) is 7.70. The molecule has 1 amide bonds. The zero-order chi connectivity index (χ0) is 21.1. The second kappa shape index (κ2) is 8.83. The van der Waals surface area contributed by atoms with Crippen LogP contribution in [0.5, 0.6) is 0 Å². The van der Waals surface area contributed by atoms with Gasteiger partial charge in [0.15, 0.2) is 0 Å². The second-order valence-corrected chi connectivity index (χ2v) is 8.10. The zero-order valence-electron chi connectivity index (χ0n) is 17.2. The van der Waals surface area contributed by atoms with Crippen LogP contribution in [0.4, 0.5) is 0 Å². The number of amides is 1. The van der Waals surface area contributed by atoms with Crippen molar-refractivity contribution in [3.05, 3.63) is 81.5 Å². The van der Waals surface area contributed by atoms with Gasteiger partial charge >= 0.3 is 5.97 Å². The lowest BCUT2D eigenvalue weighted by molar-refractivity contribution is -0.143. The molecule has 2 aromatic carbocycles. The molecule has 0 radical (unpaired) electrons. The maximum Gasteiger partial charge on any atom is 0.336 e. The molecule has 29 heavy (non-hydrogen) atoms. The summed E-state index contributed by atoms with van der Waals surface area (Å²) in [4.78, 5) is 27.7. The summed E-state index contributed by atoms with van der Waals surface area (Å²) in [5.74, 6) is -0.852. The Hall–Kier alpha value is -2.59. The van der Waals surface area contributed by atoms with Crippen molar-refractivity contribution in [1.82, 2.24) is 4.90 Å². The first-order valence-electron chi connectivity index (χ1n) is 9.80. The average Bonchev–Trinajstić information content (AvgIpc) is 2.66. The Labute approximate surface area is 177 Å². The van der Waals surface area contributed by atoms with Gasteiger partial charge in [0, 0.05) is 23.1 Å². The number of esters is 1. The first-order chi connectivity index (χ1) is 13.8. The Morgan fingerprint density at radius 3 is 2.41 bits per heavy atom. The van der Waals surface area contributed by atoms with Gasteiger partial charge in [0.1, 0.15) is 0 Å². The van der Waals surface area contributed by atoms with Gasteiger partial charge in [-0.3, -0.25) is 4.79 Å². The minimum atomic E-state index is -0.420. The predicted molar refractivity (Wildman–Crippen MR) is 114 cm³/mol. The maximum atomic E-state index is 13.1. The van der Waals surface area contributed by atoms with Crippen LogP contribution in [0.2, 0.25) is 5.02 Å². The third-order valence-corrected chi connectivity index (χ3v) is 5.47. The van der Waals surface area contributed by atoms with Crippen LogP contribution in [0.1, 0.15) is 49.8 Å². The van der Waals surface area contributed by atoms with E-state index in [9.17, 15) is 9.59 Å². The molecule has 0 bridgehead atoms.